The van der Waals surface area contributed by atoms with E-state index in [-0.39, 0.29) is 52.1 Å². The van der Waals surface area contributed by atoms with Gasteiger partial charge in [-0.05, 0) is 59.7 Å². The Hall–Kier alpha value is -3.65. The number of hydrogen-bond acceptors (Lipinski definition) is 6. The normalized spacial score (nSPS) is 19.6. The number of nitrogens with one attached hydrogen (secondary N) is 1. The van der Waals surface area contributed by atoms with E-state index in [0.717, 1.165) is 0 Å². The lowest BCUT2D eigenvalue weighted by Gasteiger charge is -2.42. The van der Waals surface area contributed by atoms with E-state index in [1.165, 1.54) is 24.3 Å². The number of amides is 1. The highest BCUT2D eigenvalue weighted by atomic mass is 35.5. The van der Waals surface area contributed by atoms with Crippen LogP contribution < -0.4 is 14.8 Å². The highest BCUT2D eigenvalue weighted by molar-refractivity contribution is 6.32. The maximum Gasteiger partial charge on any atom is 0.262 e. The summed E-state index contributed by atoms with van der Waals surface area (Å²) < 4.78 is 31.3. The van der Waals surface area contributed by atoms with Crippen LogP contribution in [0.1, 0.15) is 71.8 Å². The van der Waals surface area contributed by atoms with Gasteiger partial charge in [-0.2, -0.15) is 0 Å². The third-order valence-corrected chi connectivity index (χ3v) is 8.00. The van der Waals surface area contributed by atoms with Gasteiger partial charge in [0, 0.05) is 48.4 Å². The Balaban J connectivity index is 1.52. The molecule has 222 valence electrons. The van der Waals surface area contributed by atoms with Crippen LogP contribution in [0.3, 0.4) is 0 Å². The van der Waals surface area contributed by atoms with E-state index in [1.54, 1.807) is 19.1 Å². The molecular weight excluding hydrogens is 561 g/mol. The molecule has 1 amide bonds. The van der Waals surface area contributed by atoms with Crippen LogP contribution in [0.4, 0.5) is 10.1 Å². The summed E-state index contributed by atoms with van der Waals surface area (Å²) in [6, 6.07) is 8.78. The molecule has 1 heterocycles. The summed E-state index contributed by atoms with van der Waals surface area (Å²) >= 11 is 6.75. The predicted octanol–water partition coefficient (Wildman–Crippen LogP) is 7.30. The number of ether oxygens (including phenoxy) is 3. The number of benzene rings is 2. The molecule has 0 atom stereocenters. The average molecular weight is 596 g/mol. The van der Waals surface area contributed by atoms with Gasteiger partial charge in [-0.15, -0.1) is 0 Å². The molecule has 0 spiro atoms. The van der Waals surface area contributed by atoms with Crippen molar-refractivity contribution in [2.75, 3.05) is 18.5 Å². The predicted molar refractivity (Wildman–Crippen MR) is 157 cm³/mol. The molecule has 2 aromatic rings. The second-order valence-corrected chi connectivity index (χ2v) is 13.1. The van der Waals surface area contributed by atoms with Crippen molar-refractivity contribution in [3.63, 3.8) is 0 Å². The molecule has 2 aromatic carbocycles. The van der Waals surface area contributed by atoms with Gasteiger partial charge < -0.3 is 19.5 Å². The van der Waals surface area contributed by atoms with Crippen LogP contribution in [0.25, 0.3) is 0 Å². The highest BCUT2D eigenvalue weighted by Crippen LogP contribution is 2.54. The number of Topliss-reactive ketones (excluding diaryl/α,β-unsaturated/α-hetero) is 2. The van der Waals surface area contributed by atoms with E-state index in [4.69, 9.17) is 25.8 Å². The van der Waals surface area contributed by atoms with Crippen molar-refractivity contribution >= 4 is 34.8 Å². The molecule has 0 aromatic heterocycles. The van der Waals surface area contributed by atoms with Crippen molar-refractivity contribution in [3.05, 3.63) is 75.5 Å². The number of carbonyl (C=O) groups excluding carboxylic acids is 3. The standard InChI is InChI=1S/C33H35ClFNO6/c1-6-40-24-12-18(11-21(34)31(24)41-17-27(39)36-20-9-7-19(35)8-10-20)28-29-22(37)13-32(2,3)15-25(29)42-26-16-33(4,5)14-23(38)30(26)28/h7-12,28H,6,13-17H2,1-5H3,(H,36,39). The quantitative estimate of drug-likeness (QED) is 0.361. The molecule has 0 unspecified atom stereocenters. The molecule has 9 heteroatoms. The minimum absolute atomic E-state index is 0.0534. The van der Waals surface area contributed by atoms with Crippen molar-refractivity contribution in [2.24, 2.45) is 10.8 Å². The Morgan fingerprint density at radius 2 is 1.52 bits per heavy atom. The molecule has 42 heavy (non-hydrogen) atoms. The first-order valence-corrected chi connectivity index (χ1v) is 14.5. The fourth-order valence-corrected chi connectivity index (χ4v) is 6.31. The molecular formula is C33H35ClFNO6. The van der Waals surface area contributed by atoms with Crippen molar-refractivity contribution < 1.29 is 33.0 Å². The molecule has 0 saturated heterocycles. The van der Waals surface area contributed by atoms with Gasteiger partial charge in [-0.3, -0.25) is 14.4 Å². The molecule has 0 saturated carbocycles. The maximum absolute atomic E-state index is 13.6. The van der Waals surface area contributed by atoms with E-state index < -0.39 is 17.6 Å². The number of rotatable bonds is 7. The number of allylic oxidation sites excluding steroid dienone is 4. The largest absolute Gasteiger partial charge is 0.490 e. The summed E-state index contributed by atoms with van der Waals surface area (Å²) in [6.45, 7) is 9.86. The van der Waals surface area contributed by atoms with Gasteiger partial charge in [-0.25, -0.2) is 4.39 Å². The van der Waals surface area contributed by atoms with E-state index in [0.29, 0.717) is 59.6 Å². The zero-order valence-corrected chi connectivity index (χ0v) is 25.2. The van der Waals surface area contributed by atoms with E-state index in [9.17, 15) is 18.8 Å². The van der Waals surface area contributed by atoms with E-state index in [2.05, 4.69) is 5.32 Å². The maximum atomic E-state index is 13.6. The first-order chi connectivity index (χ1) is 19.8. The van der Waals surface area contributed by atoms with Gasteiger partial charge in [0.2, 0.25) is 0 Å². The van der Waals surface area contributed by atoms with Gasteiger partial charge in [0.15, 0.2) is 29.7 Å². The molecule has 1 N–H and O–H groups in total. The summed E-state index contributed by atoms with van der Waals surface area (Å²) in [4.78, 5) is 39.8. The molecule has 5 rings (SSSR count). The van der Waals surface area contributed by atoms with Gasteiger partial charge in [0.1, 0.15) is 17.3 Å². The molecule has 0 fully saturated rings. The summed E-state index contributed by atoms with van der Waals surface area (Å²) in [6.07, 6.45) is 1.83. The van der Waals surface area contributed by atoms with Crippen LogP contribution in [-0.2, 0) is 19.1 Å². The second kappa shape index (κ2) is 11.2. The van der Waals surface area contributed by atoms with Crippen LogP contribution in [0.15, 0.2) is 59.1 Å². The third-order valence-electron chi connectivity index (χ3n) is 7.72. The fourth-order valence-electron chi connectivity index (χ4n) is 6.03. The Morgan fingerprint density at radius 1 is 0.952 bits per heavy atom. The summed E-state index contributed by atoms with van der Waals surface area (Å²) in [7, 11) is 0. The lowest BCUT2D eigenvalue weighted by atomic mass is 9.65. The molecule has 0 bridgehead atoms. The monoisotopic (exact) mass is 595 g/mol. The average Bonchev–Trinajstić information content (AvgIpc) is 2.87. The minimum Gasteiger partial charge on any atom is -0.490 e. The summed E-state index contributed by atoms with van der Waals surface area (Å²) in [5.41, 5.74) is 1.49. The van der Waals surface area contributed by atoms with Crippen LogP contribution in [0.2, 0.25) is 5.02 Å². The first-order valence-electron chi connectivity index (χ1n) is 14.1. The van der Waals surface area contributed by atoms with Crippen LogP contribution in [0, 0.1) is 16.6 Å². The fraction of sp³-hybridized carbons (Fsp3) is 0.424. The minimum atomic E-state index is -0.650. The Labute approximate surface area is 250 Å². The number of anilines is 1. The zero-order valence-electron chi connectivity index (χ0n) is 24.5. The van der Waals surface area contributed by atoms with Gasteiger partial charge in [0.25, 0.3) is 5.91 Å². The summed E-state index contributed by atoms with van der Waals surface area (Å²) in [5.74, 6) is 0.0358. The lowest BCUT2D eigenvalue weighted by molar-refractivity contribution is -0.120. The van der Waals surface area contributed by atoms with Crippen LogP contribution in [-0.4, -0.2) is 30.7 Å². The molecule has 3 aliphatic rings. The number of hydrogen-bond donors (Lipinski definition) is 1. The second-order valence-electron chi connectivity index (χ2n) is 12.7. The molecule has 7 nitrogen and oxygen atoms in total. The first kappa shape index (κ1) is 29.8. The number of halogens is 2. The zero-order chi connectivity index (χ0) is 30.4. The highest BCUT2D eigenvalue weighted by Gasteiger charge is 2.48. The number of ketones is 2. The van der Waals surface area contributed by atoms with Gasteiger partial charge in [0.05, 0.1) is 11.6 Å². The third kappa shape index (κ3) is 6.09. The Morgan fingerprint density at radius 3 is 2.07 bits per heavy atom. The smallest absolute Gasteiger partial charge is 0.262 e. The Bertz CT molecular complexity index is 1470. The van der Waals surface area contributed by atoms with Crippen molar-refractivity contribution in [2.45, 2.75) is 66.2 Å². The van der Waals surface area contributed by atoms with Crippen molar-refractivity contribution in [3.8, 4) is 11.5 Å². The Kier molecular flexibility index (Phi) is 7.96. The molecule has 0 radical (unpaired) electrons. The van der Waals surface area contributed by atoms with Crippen LogP contribution in [0.5, 0.6) is 11.5 Å². The molecule has 2 aliphatic carbocycles. The SMILES string of the molecule is CCOc1cc(C2C3=C(CC(C)(C)CC3=O)OC3=C2C(=O)CC(C)(C)C3)cc(Cl)c1OCC(=O)Nc1ccc(F)cc1. The lowest BCUT2D eigenvalue weighted by Crippen LogP contribution is -2.37. The van der Waals surface area contributed by atoms with Crippen molar-refractivity contribution in [1.29, 1.82) is 0 Å². The number of carbonyl (C=O) groups is 3. The summed E-state index contributed by atoms with van der Waals surface area (Å²) in [5, 5.41) is 2.82. The topological polar surface area (TPSA) is 90.9 Å². The van der Waals surface area contributed by atoms with E-state index >= 15 is 0 Å². The van der Waals surface area contributed by atoms with Gasteiger partial charge >= 0.3 is 0 Å². The molecule has 1 aliphatic heterocycles. The van der Waals surface area contributed by atoms with Gasteiger partial charge in [-0.1, -0.05) is 39.3 Å². The van der Waals surface area contributed by atoms with Crippen LogP contribution >= 0.6 is 11.6 Å². The van der Waals surface area contributed by atoms with Crippen molar-refractivity contribution in [1.82, 2.24) is 0 Å². The van der Waals surface area contributed by atoms with E-state index in [1.807, 2.05) is 27.7 Å².